The van der Waals surface area contributed by atoms with E-state index in [-0.39, 0.29) is 12.0 Å². The maximum atomic E-state index is 11.1. The summed E-state index contributed by atoms with van der Waals surface area (Å²) in [6.07, 6.45) is 6.89. The number of ether oxygens (including phenoxy) is 2. The molecule has 4 nitrogen and oxygen atoms in total. The van der Waals surface area contributed by atoms with E-state index in [2.05, 4.69) is 26.0 Å². The lowest BCUT2D eigenvalue weighted by atomic mass is 9.78. The first-order valence-electron chi connectivity index (χ1n) is 9.12. The number of aliphatic carboxylic acids is 1. The molecular weight excluding hydrogens is 304 g/mol. The fourth-order valence-electron chi connectivity index (χ4n) is 3.48. The van der Waals surface area contributed by atoms with E-state index in [0.29, 0.717) is 5.92 Å². The third-order valence-electron chi connectivity index (χ3n) is 5.03. The highest BCUT2D eigenvalue weighted by molar-refractivity contribution is 5.70. The Hall–Kier alpha value is -1.71. The molecule has 1 aliphatic rings. The van der Waals surface area contributed by atoms with E-state index < -0.39 is 5.97 Å². The Morgan fingerprint density at radius 1 is 1.25 bits per heavy atom. The zero-order chi connectivity index (χ0) is 17.5. The normalized spacial score (nSPS) is 22.0. The zero-order valence-electron chi connectivity index (χ0n) is 15.1. The monoisotopic (exact) mass is 334 g/mol. The zero-order valence-corrected chi connectivity index (χ0v) is 15.1. The Kier molecular flexibility index (Phi) is 6.95. The average Bonchev–Trinajstić information content (AvgIpc) is 2.60. The van der Waals surface area contributed by atoms with Gasteiger partial charge in [0.05, 0.1) is 19.1 Å². The van der Waals surface area contributed by atoms with Crippen molar-refractivity contribution in [3.63, 3.8) is 0 Å². The SMILES string of the molecule is CCCCC(C)Oc1cc(C2CCC(C(=O)O)CC2)ccc1OC. The number of hydrogen-bond donors (Lipinski definition) is 1. The lowest BCUT2D eigenvalue weighted by molar-refractivity contribution is -0.142. The minimum absolute atomic E-state index is 0.164. The van der Waals surface area contributed by atoms with Crippen molar-refractivity contribution in [3.05, 3.63) is 23.8 Å². The van der Waals surface area contributed by atoms with Crippen LogP contribution in [0.15, 0.2) is 18.2 Å². The molecule has 0 heterocycles. The van der Waals surface area contributed by atoms with E-state index >= 15 is 0 Å². The van der Waals surface area contributed by atoms with Crippen molar-refractivity contribution in [3.8, 4) is 11.5 Å². The van der Waals surface area contributed by atoms with Crippen molar-refractivity contribution in [2.24, 2.45) is 5.92 Å². The third-order valence-corrected chi connectivity index (χ3v) is 5.03. The molecule has 0 bridgehead atoms. The molecule has 0 amide bonds. The molecule has 4 heteroatoms. The average molecular weight is 334 g/mol. The summed E-state index contributed by atoms with van der Waals surface area (Å²) in [4.78, 5) is 11.1. The van der Waals surface area contributed by atoms with Gasteiger partial charge in [-0.25, -0.2) is 0 Å². The summed E-state index contributed by atoms with van der Waals surface area (Å²) in [5.41, 5.74) is 1.23. The second-order valence-electron chi connectivity index (χ2n) is 6.87. The first kappa shape index (κ1) is 18.6. The molecule has 1 fully saturated rings. The number of unbranched alkanes of at least 4 members (excludes halogenated alkanes) is 1. The molecule has 1 unspecified atom stereocenters. The number of methoxy groups -OCH3 is 1. The molecule has 0 radical (unpaired) electrons. The highest BCUT2D eigenvalue weighted by atomic mass is 16.5. The fraction of sp³-hybridized carbons (Fsp3) is 0.650. The van der Waals surface area contributed by atoms with Gasteiger partial charge in [-0.15, -0.1) is 0 Å². The van der Waals surface area contributed by atoms with Gasteiger partial charge in [-0.05, 0) is 62.6 Å². The van der Waals surface area contributed by atoms with Gasteiger partial charge in [0.15, 0.2) is 11.5 Å². The largest absolute Gasteiger partial charge is 0.493 e. The first-order valence-corrected chi connectivity index (χ1v) is 9.12. The second kappa shape index (κ2) is 8.95. The van der Waals surface area contributed by atoms with Crippen LogP contribution in [0.4, 0.5) is 0 Å². The molecule has 1 aliphatic carbocycles. The van der Waals surface area contributed by atoms with Crippen LogP contribution in [0.25, 0.3) is 0 Å². The number of carboxylic acid groups (broad SMARTS) is 1. The van der Waals surface area contributed by atoms with E-state index in [1.54, 1.807) is 7.11 Å². The highest BCUT2D eigenvalue weighted by Crippen LogP contribution is 2.39. The third kappa shape index (κ3) is 4.89. The maximum Gasteiger partial charge on any atom is 0.306 e. The minimum atomic E-state index is -0.656. The predicted molar refractivity (Wildman–Crippen MR) is 94.9 cm³/mol. The van der Waals surface area contributed by atoms with Crippen LogP contribution in [0.2, 0.25) is 0 Å². The molecule has 1 atom stereocenters. The number of hydrogen-bond acceptors (Lipinski definition) is 3. The van der Waals surface area contributed by atoms with Gasteiger partial charge in [0.1, 0.15) is 0 Å². The topological polar surface area (TPSA) is 55.8 Å². The van der Waals surface area contributed by atoms with E-state index in [4.69, 9.17) is 14.6 Å². The van der Waals surface area contributed by atoms with Crippen LogP contribution in [0.1, 0.15) is 70.3 Å². The van der Waals surface area contributed by atoms with E-state index in [9.17, 15) is 4.79 Å². The summed E-state index contributed by atoms with van der Waals surface area (Å²) in [6.45, 7) is 4.28. The van der Waals surface area contributed by atoms with Crippen molar-refractivity contribution in [2.75, 3.05) is 7.11 Å². The molecule has 1 N–H and O–H groups in total. The Morgan fingerprint density at radius 2 is 1.96 bits per heavy atom. The molecule has 0 spiro atoms. The molecule has 0 saturated heterocycles. The lowest BCUT2D eigenvalue weighted by Crippen LogP contribution is -2.20. The fourth-order valence-corrected chi connectivity index (χ4v) is 3.48. The van der Waals surface area contributed by atoms with E-state index in [0.717, 1.165) is 56.4 Å². The summed E-state index contributed by atoms with van der Waals surface area (Å²) >= 11 is 0. The van der Waals surface area contributed by atoms with Crippen LogP contribution < -0.4 is 9.47 Å². The summed E-state index contributed by atoms with van der Waals surface area (Å²) in [6, 6.07) is 6.15. The quantitative estimate of drug-likeness (QED) is 0.726. The number of carbonyl (C=O) groups is 1. The number of benzene rings is 1. The maximum absolute atomic E-state index is 11.1. The molecular formula is C20H30O4. The highest BCUT2D eigenvalue weighted by Gasteiger charge is 2.27. The summed E-state index contributed by atoms with van der Waals surface area (Å²) in [5, 5.41) is 9.14. The molecule has 134 valence electrons. The van der Waals surface area contributed by atoms with Crippen molar-refractivity contribution in [1.29, 1.82) is 0 Å². The van der Waals surface area contributed by atoms with Gasteiger partial charge in [0, 0.05) is 0 Å². The predicted octanol–water partition coefficient (Wildman–Crippen LogP) is 5.01. The number of rotatable bonds is 8. The summed E-state index contributed by atoms with van der Waals surface area (Å²) in [7, 11) is 1.66. The van der Waals surface area contributed by atoms with E-state index in [1.807, 2.05) is 6.07 Å². The van der Waals surface area contributed by atoms with Crippen molar-refractivity contribution >= 4 is 5.97 Å². The Morgan fingerprint density at radius 3 is 2.54 bits per heavy atom. The van der Waals surface area contributed by atoms with Gasteiger partial charge in [0.25, 0.3) is 0 Å². The van der Waals surface area contributed by atoms with Crippen LogP contribution in [0, 0.1) is 5.92 Å². The minimum Gasteiger partial charge on any atom is -0.493 e. The van der Waals surface area contributed by atoms with Crippen LogP contribution in [0.3, 0.4) is 0 Å². The molecule has 1 aromatic rings. The molecule has 2 rings (SSSR count). The van der Waals surface area contributed by atoms with Crippen molar-refractivity contribution in [2.45, 2.75) is 70.8 Å². The Labute approximate surface area is 145 Å². The van der Waals surface area contributed by atoms with Gasteiger partial charge < -0.3 is 14.6 Å². The second-order valence-corrected chi connectivity index (χ2v) is 6.87. The molecule has 0 aromatic heterocycles. The molecule has 0 aliphatic heterocycles. The first-order chi connectivity index (χ1) is 11.5. The van der Waals surface area contributed by atoms with Crippen LogP contribution in [-0.2, 0) is 4.79 Å². The van der Waals surface area contributed by atoms with Gasteiger partial charge in [-0.3, -0.25) is 4.79 Å². The van der Waals surface area contributed by atoms with Crippen LogP contribution >= 0.6 is 0 Å². The standard InChI is InChI=1S/C20H30O4/c1-4-5-6-14(2)24-19-13-17(11-12-18(19)23-3)15-7-9-16(10-8-15)20(21)22/h11-16H,4-10H2,1-3H3,(H,21,22). The van der Waals surface area contributed by atoms with Gasteiger partial charge >= 0.3 is 5.97 Å². The van der Waals surface area contributed by atoms with Crippen LogP contribution in [-0.4, -0.2) is 24.3 Å². The van der Waals surface area contributed by atoms with Crippen molar-refractivity contribution in [1.82, 2.24) is 0 Å². The Balaban J connectivity index is 2.06. The Bertz CT molecular complexity index is 532. The van der Waals surface area contributed by atoms with Crippen molar-refractivity contribution < 1.29 is 19.4 Å². The van der Waals surface area contributed by atoms with Gasteiger partial charge in [-0.2, -0.15) is 0 Å². The smallest absolute Gasteiger partial charge is 0.306 e. The number of carboxylic acids is 1. The van der Waals surface area contributed by atoms with Gasteiger partial charge in [0.2, 0.25) is 0 Å². The summed E-state index contributed by atoms with van der Waals surface area (Å²) < 4.78 is 11.5. The van der Waals surface area contributed by atoms with Crippen LogP contribution in [0.5, 0.6) is 11.5 Å². The van der Waals surface area contributed by atoms with E-state index in [1.165, 1.54) is 5.56 Å². The van der Waals surface area contributed by atoms with Gasteiger partial charge in [-0.1, -0.05) is 25.8 Å². The molecule has 1 aromatic carbocycles. The summed E-state index contributed by atoms with van der Waals surface area (Å²) in [5.74, 6) is 1.15. The lowest BCUT2D eigenvalue weighted by Gasteiger charge is -2.27. The molecule has 1 saturated carbocycles. The molecule has 24 heavy (non-hydrogen) atoms.